The lowest BCUT2D eigenvalue weighted by molar-refractivity contribution is 0.0650. The molecule has 1 saturated heterocycles. The number of rotatable bonds is 6. The molecule has 2 aliphatic rings. The van der Waals surface area contributed by atoms with Gasteiger partial charge in [-0.2, -0.15) is 0 Å². The number of carbonyl (C=O) groups excluding carboxylic acids is 2. The summed E-state index contributed by atoms with van der Waals surface area (Å²) >= 11 is 0. The second kappa shape index (κ2) is 11.4. The van der Waals surface area contributed by atoms with Crippen molar-refractivity contribution in [1.82, 2.24) is 4.90 Å². The highest BCUT2D eigenvalue weighted by Crippen LogP contribution is 2.43. The van der Waals surface area contributed by atoms with Crippen molar-refractivity contribution < 1.29 is 27.1 Å². The summed E-state index contributed by atoms with van der Waals surface area (Å²) in [6.07, 6.45) is 1.15. The lowest BCUT2D eigenvalue weighted by Gasteiger charge is -2.38. The molecule has 0 spiro atoms. The van der Waals surface area contributed by atoms with Gasteiger partial charge in [-0.05, 0) is 60.9 Å². The van der Waals surface area contributed by atoms with Crippen molar-refractivity contribution in [3.8, 4) is 5.75 Å². The standard InChI is InChI=1S/C33H29FN2O5S/c34-27-12-14-28(15-13-27)42(39,40)36-29-16-11-26(21-31(29)41-22-30(36)23-7-3-1-4-8-23)33(38)35-19-17-25(18-20-35)32(37)24-9-5-2-6-10-24/h1-16,21,25,30H,17-20,22H2. The summed E-state index contributed by atoms with van der Waals surface area (Å²) in [5.74, 6) is -0.505. The maximum absolute atomic E-state index is 13.9. The minimum atomic E-state index is -4.12. The third-order valence-corrected chi connectivity index (χ3v) is 9.73. The van der Waals surface area contributed by atoms with Gasteiger partial charge in [-0.25, -0.2) is 12.8 Å². The summed E-state index contributed by atoms with van der Waals surface area (Å²) in [4.78, 5) is 28.0. The van der Waals surface area contributed by atoms with Crippen LogP contribution >= 0.6 is 0 Å². The van der Waals surface area contributed by atoms with E-state index in [1.807, 2.05) is 60.7 Å². The van der Waals surface area contributed by atoms with E-state index in [1.54, 1.807) is 23.1 Å². The van der Waals surface area contributed by atoms with Gasteiger partial charge in [-0.15, -0.1) is 0 Å². The molecule has 1 unspecified atom stereocenters. The summed E-state index contributed by atoms with van der Waals surface area (Å²) in [7, 11) is -4.12. The number of amides is 1. The highest BCUT2D eigenvalue weighted by Gasteiger charge is 2.39. The van der Waals surface area contributed by atoms with Gasteiger partial charge in [0.2, 0.25) is 0 Å². The van der Waals surface area contributed by atoms with Gasteiger partial charge in [-0.1, -0.05) is 60.7 Å². The number of likely N-dealkylation sites (tertiary alicyclic amines) is 1. The molecule has 0 aromatic heterocycles. The van der Waals surface area contributed by atoms with Crippen LogP contribution in [0.1, 0.15) is 45.2 Å². The number of ketones is 1. The smallest absolute Gasteiger partial charge is 0.265 e. The third kappa shape index (κ3) is 5.27. The van der Waals surface area contributed by atoms with Crippen molar-refractivity contribution in [2.45, 2.75) is 23.8 Å². The zero-order chi connectivity index (χ0) is 29.3. The lowest BCUT2D eigenvalue weighted by Crippen LogP contribution is -2.42. The number of nitrogens with zero attached hydrogens (tertiary/aromatic N) is 2. The SMILES string of the molecule is O=C(c1ccccc1)C1CCN(C(=O)c2ccc3c(c2)OCC(c2ccccc2)N3S(=O)(=O)c2ccc(F)cc2)CC1. The third-order valence-electron chi connectivity index (χ3n) is 7.89. The van der Waals surface area contributed by atoms with E-state index in [1.165, 1.54) is 16.4 Å². The van der Waals surface area contributed by atoms with Crippen LogP contribution in [0.5, 0.6) is 5.75 Å². The van der Waals surface area contributed by atoms with Gasteiger partial charge in [0, 0.05) is 30.1 Å². The Morgan fingerprint density at radius 1 is 0.786 bits per heavy atom. The van der Waals surface area contributed by atoms with Gasteiger partial charge < -0.3 is 9.64 Å². The van der Waals surface area contributed by atoms with E-state index in [9.17, 15) is 22.4 Å². The number of anilines is 1. The van der Waals surface area contributed by atoms with E-state index in [4.69, 9.17) is 4.74 Å². The van der Waals surface area contributed by atoms with E-state index in [0.29, 0.717) is 42.7 Å². The van der Waals surface area contributed by atoms with E-state index < -0.39 is 21.9 Å². The molecule has 42 heavy (non-hydrogen) atoms. The molecule has 4 aromatic rings. The first-order valence-electron chi connectivity index (χ1n) is 13.8. The molecule has 9 heteroatoms. The van der Waals surface area contributed by atoms with E-state index >= 15 is 0 Å². The first-order valence-corrected chi connectivity index (χ1v) is 15.3. The van der Waals surface area contributed by atoms with Crippen LogP contribution in [0.25, 0.3) is 0 Å². The molecule has 0 saturated carbocycles. The minimum absolute atomic E-state index is 0.0298. The summed E-state index contributed by atoms with van der Waals surface area (Å²) in [6.45, 7) is 0.921. The molecular formula is C33H29FN2O5S. The Morgan fingerprint density at radius 3 is 2.10 bits per heavy atom. The number of ether oxygens (including phenoxy) is 1. The Labute approximate surface area is 244 Å². The molecule has 1 amide bonds. The average molecular weight is 585 g/mol. The quantitative estimate of drug-likeness (QED) is 0.264. The van der Waals surface area contributed by atoms with Crippen LogP contribution in [0.4, 0.5) is 10.1 Å². The van der Waals surface area contributed by atoms with E-state index in [-0.39, 0.29) is 34.9 Å². The molecule has 1 atom stereocenters. The number of Topliss-reactive ketones (excluding diaryl/α,β-unsaturated/α-hetero) is 1. The number of hydrogen-bond acceptors (Lipinski definition) is 5. The first kappa shape index (κ1) is 27.7. The monoisotopic (exact) mass is 584 g/mol. The summed E-state index contributed by atoms with van der Waals surface area (Å²) in [6, 6.07) is 27.2. The summed E-state index contributed by atoms with van der Waals surface area (Å²) < 4.78 is 48.9. The Balaban J connectivity index is 1.26. The second-order valence-electron chi connectivity index (χ2n) is 10.5. The van der Waals surface area contributed by atoms with Crippen LogP contribution in [0.3, 0.4) is 0 Å². The first-order chi connectivity index (χ1) is 20.3. The summed E-state index contributed by atoms with van der Waals surface area (Å²) in [5, 5.41) is 0. The zero-order valence-electron chi connectivity index (χ0n) is 22.7. The molecule has 7 nitrogen and oxygen atoms in total. The van der Waals surface area contributed by atoms with Gasteiger partial charge >= 0.3 is 0 Å². The van der Waals surface area contributed by atoms with Gasteiger partial charge in [0.25, 0.3) is 15.9 Å². The van der Waals surface area contributed by atoms with Crippen molar-refractivity contribution >= 4 is 27.4 Å². The summed E-state index contributed by atoms with van der Waals surface area (Å²) in [5.41, 5.74) is 2.09. The predicted molar refractivity (Wildman–Crippen MR) is 157 cm³/mol. The number of fused-ring (bicyclic) bond motifs is 1. The van der Waals surface area contributed by atoms with Crippen LogP contribution in [0, 0.1) is 11.7 Å². The minimum Gasteiger partial charge on any atom is -0.489 e. The van der Waals surface area contributed by atoms with E-state index in [2.05, 4.69) is 0 Å². The molecule has 6 rings (SSSR count). The largest absolute Gasteiger partial charge is 0.489 e. The fourth-order valence-electron chi connectivity index (χ4n) is 5.64. The number of sulfonamides is 1. The topological polar surface area (TPSA) is 84.0 Å². The van der Waals surface area contributed by atoms with Crippen LogP contribution in [0.2, 0.25) is 0 Å². The molecule has 0 radical (unpaired) electrons. The van der Waals surface area contributed by atoms with Crippen molar-refractivity contribution in [3.05, 3.63) is 126 Å². The lowest BCUT2D eigenvalue weighted by atomic mass is 9.88. The van der Waals surface area contributed by atoms with Crippen molar-refractivity contribution in [2.75, 3.05) is 24.0 Å². The second-order valence-corrected chi connectivity index (χ2v) is 12.3. The zero-order valence-corrected chi connectivity index (χ0v) is 23.5. The number of carbonyl (C=O) groups is 2. The van der Waals surface area contributed by atoms with E-state index in [0.717, 1.165) is 17.7 Å². The number of benzene rings is 4. The fourth-order valence-corrected chi connectivity index (χ4v) is 7.27. The molecular weight excluding hydrogens is 555 g/mol. The van der Waals surface area contributed by atoms with Crippen LogP contribution in [0.15, 0.2) is 108 Å². The van der Waals surface area contributed by atoms with Gasteiger partial charge in [-0.3, -0.25) is 13.9 Å². The Hall–Kier alpha value is -4.50. The predicted octanol–water partition coefficient (Wildman–Crippen LogP) is 5.89. The molecule has 2 heterocycles. The fraction of sp³-hybridized carbons (Fsp3) is 0.212. The molecule has 0 aliphatic carbocycles. The molecule has 0 bridgehead atoms. The van der Waals surface area contributed by atoms with Crippen LogP contribution < -0.4 is 9.04 Å². The maximum atomic E-state index is 13.9. The highest BCUT2D eigenvalue weighted by molar-refractivity contribution is 7.92. The molecule has 4 aromatic carbocycles. The normalized spacial score (nSPS) is 17.3. The van der Waals surface area contributed by atoms with Gasteiger partial charge in [0.1, 0.15) is 24.2 Å². The molecule has 0 N–H and O–H groups in total. The maximum Gasteiger partial charge on any atom is 0.265 e. The average Bonchev–Trinajstić information content (AvgIpc) is 3.04. The highest BCUT2D eigenvalue weighted by atomic mass is 32.2. The number of piperidine rings is 1. The van der Waals surface area contributed by atoms with Gasteiger partial charge in [0.15, 0.2) is 5.78 Å². The van der Waals surface area contributed by atoms with Crippen molar-refractivity contribution in [3.63, 3.8) is 0 Å². The van der Waals surface area contributed by atoms with Crippen LogP contribution in [-0.2, 0) is 10.0 Å². The number of hydrogen-bond donors (Lipinski definition) is 0. The van der Waals surface area contributed by atoms with Crippen molar-refractivity contribution in [1.29, 1.82) is 0 Å². The molecule has 1 fully saturated rings. The molecule has 214 valence electrons. The number of halogens is 1. The van der Waals surface area contributed by atoms with Gasteiger partial charge in [0.05, 0.1) is 10.6 Å². The Bertz CT molecular complexity index is 1700. The Kier molecular flexibility index (Phi) is 7.51. The molecule has 2 aliphatic heterocycles. The Morgan fingerprint density at radius 2 is 1.43 bits per heavy atom. The van der Waals surface area contributed by atoms with Crippen LogP contribution in [-0.4, -0.2) is 44.7 Å². The van der Waals surface area contributed by atoms with Crippen molar-refractivity contribution in [2.24, 2.45) is 5.92 Å².